The summed E-state index contributed by atoms with van der Waals surface area (Å²) >= 11 is 1.34. The third-order valence-electron chi connectivity index (χ3n) is 2.97. The Hall–Kier alpha value is -1.66. The fraction of sp³-hybridized carbons (Fsp3) is 0.385. The minimum Gasteiger partial charge on any atom is -0.493 e. The zero-order chi connectivity index (χ0) is 13.8. The largest absolute Gasteiger partial charge is 0.493 e. The van der Waals surface area contributed by atoms with Crippen LogP contribution in [0.3, 0.4) is 0 Å². The molecule has 0 aliphatic carbocycles. The highest BCUT2D eigenvalue weighted by atomic mass is 32.1. The van der Waals surface area contributed by atoms with Crippen LogP contribution in [0.2, 0.25) is 0 Å². The Morgan fingerprint density at radius 1 is 1.26 bits per heavy atom. The summed E-state index contributed by atoms with van der Waals surface area (Å²) in [4.78, 5) is 0.995. The van der Waals surface area contributed by atoms with E-state index in [4.69, 9.17) is 15.2 Å². The zero-order valence-corrected chi connectivity index (χ0v) is 12.0. The summed E-state index contributed by atoms with van der Waals surface area (Å²) in [7, 11) is 3.22. The first-order valence-electron chi connectivity index (χ1n) is 5.99. The van der Waals surface area contributed by atoms with E-state index in [1.54, 1.807) is 14.2 Å². The smallest absolute Gasteiger partial charge is 0.161 e. The van der Waals surface area contributed by atoms with Crippen LogP contribution in [0, 0.1) is 0 Å². The van der Waals surface area contributed by atoms with Crippen LogP contribution >= 0.6 is 11.5 Å². The van der Waals surface area contributed by atoms with E-state index in [2.05, 4.69) is 9.59 Å². The standard InChI is InChI=1S/C13H17N3O2S/c1-4-9-13(19-16-15-9)12(14)8-5-6-10(17-2)11(7-8)18-3/h5-7,12H,4,14H2,1-3H3. The van der Waals surface area contributed by atoms with Crippen LogP contribution in [-0.4, -0.2) is 23.8 Å². The van der Waals surface area contributed by atoms with Gasteiger partial charge in [0.1, 0.15) is 0 Å². The minimum absolute atomic E-state index is 0.241. The summed E-state index contributed by atoms with van der Waals surface area (Å²) in [6.45, 7) is 2.04. The monoisotopic (exact) mass is 279 g/mol. The SMILES string of the molecule is CCc1nnsc1C(N)c1ccc(OC)c(OC)c1. The fourth-order valence-corrected chi connectivity index (χ4v) is 2.66. The number of rotatable bonds is 5. The lowest BCUT2D eigenvalue weighted by Crippen LogP contribution is -2.12. The van der Waals surface area contributed by atoms with E-state index in [0.29, 0.717) is 11.5 Å². The molecule has 6 heteroatoms. The Balaban J connectivity index is 2.36. The minimum atomic E-state index is -0.241. The molecule has 1 aromatic heterocycles. The number of nitrogens with two attached hydrogens (primary N) is 1. The fourth-order valence-electron chi connectivity index (χ4n) is 1.89. The molecule has 0 amide bonds. The Bertz CT molecular complexity index is 557. The third-order valence-corrected chi connectivity index (χ3v) is 3.82. The maximum absolute atomic E-state index is 6.29. The molecule has 5 nitrogen and oxygen atoms in total. The molecule has 2 N–H and O–H groups in total. The molecule has 0 fully saturated rings. The summed E-state index contributed by atoms with van der Waals surface area (Å²) < 4.78 is 14.5. The molecule has 0 saturated heterocycles. The number of hydrogen-bond acceptors (Lipinski definition) is 6. The molecule has 1 unspecified atom stereocenters. The van der Waals surface area contributed by atoms with Gasteiger partial charge in [0.15, 0.2) is 11.5 Å². The number of aromatic nitrogens is 2. The topological polar surface area (TPSA) is 70.3 Å². The van der Waals surface area contributed by atoms with Gasteiger partial charge in [-0.25, -0.2) is 0 Å². The lowest BCUT2D eigenvalue weighted by Gasteiger charge is -2.14. The normalized spacial score (nSPS) is 12.2. The van der Waals surface area contributed by atoms with Gasteiger partial charge in [0, 0.05) is 0 Å². The van der Waals surface area contributed by atoms with E-state index < -0.39 is 0 Å². The Morgan fingerprint density at radius 3 is 2.63 bits per heavy atom. The quantitative estimate of drug-likeness (QED) is 0.908. The van der Waals surface area contributed by atoms with Gasteiger partial charge in [-0.1, -0.05) is 17.5 Å². The summed E-state index contributed by atoms with van der Waals surface area (Å²) in [6.07, 6.45) is 0.826. The first kappa shape index (κ1) is 13.8. The van der Waals surface area contributed by atoms with Crippen molar-refractivity contribution >= 4 is 11.5 Å². The van der Waals surface area contributed by atoms with Gasteiger partial charge in [-0.15, -0.1) is 5.10 Å². The predicted octanol–water partition coefficient (Wildman–Crippen LogP) is 2.17. The van der Waals surface area contributed by atoms with E-state index in [0.717, 1.165) is 22.6 Å². The molecule has 2 aromatic rings. The van der Waals surface area contributed by atoms with E-state index in [-0.39, 0.29) is 6.04 Å². The van der Waals surface area contributed by atoms with Gasteiger partial charge < -0.3 is 15.2 Å². The van der Waals surface area contributed by atoms with E-state index in [9.17, 15) is 0 Å². The molecular formula is C13H17N3O2S. The van der Waals surface area contributed by atoms with Crippen LogP contribution in [0.4, 0.5) is 0 Å². The summed E-state index contributed by atoms with van der Waals surface area (Å²) in [6, 6.07) is 5.44. The molecule has 0 saturated carbocycles. The average molecular weight is 279 g/mol. The summed E-state index contributed by atoms with van der Waals surface area (Å²) in [5.41, 5.74) is 8.19. The van der Waals surface area contributed by atoms with Crippen molar-refractivity contribution in [3.8, 4) is 11.5 Å². The third kappa shape index (κ3) is 2.69. The van der Waals surface area contributed by atoms with Gasteiger partial charge in [-0.2, -0.15) is 0 Å². The summed E-state index contributed by atoms with van der Waals surface area (Å²) in [5.74, 6) is 1.36. The number of benzene rings is 1. The second kappa shape index (κ2) is 5.99. The van der Waals surface area contributed by atoms with Crippen LogP contribution in [0.1, 0.15) is 29.1 Å². The van der Waals surface area contributed by atoms with Crippen molar-refractivity contribution < 1.29 is 9.47 Å². The van der Waals surface area contributed by atoms with Crippen molar-refractivity contribution in [1.82, 2.24) is 9.59 Å². The van der Waals surface area contributed by atoms with Gasteiger partial charge in [-0.3, -0.25) is 0 Å². The lowest BCUT2D eigenvalue weighted by molar-refractivity contribution is 0.354. The Labute approximate surface area is 116 Å². The van der Waals surface area contributed by atoms with Gasteiger partial charge >= 0.3 is 0 Å². The second-order valence-corrected chi connectivity index (χ2v) is 4.82. The van der Waals surface area contributed by atoms with Gasteiger partial charge in [0.05, 0.1) is 30.8 Å². The molecule has 0 bridgehead atoms. The Morgan fingerprint density at radius 2 is 2.00 bits per heavy atom. The molecule has 1 heterocycles. The van der Waals surface area contributed by atoms with Gasteiger partial charge in [0.25, 0.3) is 0 Å². The zero-order valence-electron chi connectivity index (χ0n) is 11.2. The molecule has 2 rings (SSSR count). The molecule has 1 atom stereocenters. The van der Waals surface area contributed by atoms with Crippen LogP contribution in [0.25, 0.3) is 0 Å². The van der Waals surface area contributed by atoms with Crippen molar-refractivity contribution in [2.75, 3.05) is 14.2 Å². The Kier molecular flexibility index (Phi) is 4.34. The number of methoxy groups -OCH3 is 2. The van der Waals surface area contributed by atoms with Gasteiger partial charge in [0.2, 0.25) is 0 Å². The maximum atomic E-state index is 6.29. The van der Waals surface area contributed by atoms with E-state index >= 15 is 0 Å². The first-order chi connectivity index (χ1) is 9.21. The van der Waals surface area contributed by atoms with Crippen molar-refractivity contribution in [2.24, 2.45) is 5.73 Å². The van der Waals surface area contributed by atoms with Gasteiger partial charge in [-0.05, 0) is 35.6 Å². The lowest BCUT2D eigenvalue weighted by atomic mass is 10.0. The molecule has 0 aliphatic rings. The maximum Gasteiger partial charge on any atom is 0.161 e. The molecule has 0 spiro atoms. The number of nitrogens with zero attached hydrogens (tertiary/aromatic N) is 2. The van der Waals surface area contributed by atoms with E-state index in [1.807, 2.05) is 25.1 Å². The van der Waals surface area contributed by atoms with Crippen molar-refractivity contribution in [2.45, 2.75) is 19.4 Å². The van der Waals surface area contributed by atoms with Crippen LogP contribution in [-0.2, 0) is 6.42 Å². The highest BCUT2D eigenvalue weighted by Crippen LogP contribution is 2.32. The molecule has 0 aliphatic heterocycles. The molecular weight excluding hydrogens is 262 g/mol. The van der Waals surface area contributed by atoms with Crippen molar-refractivity contribution in [3.05, 3.63) is 34.3 Å². The number of aryl methyl sites for hydroxylation is 1. The van der Waals surface area contributed by atoms with Crippen LogP contribution < -0.4 is 15.2 Å². The second-order valence-electron chi connectivity index (χ2n) is 4.03. The van der Waals surface area contributed by atoms with Crippen molar-refractivity contribution in [1.29, 1.82) is 0 Å². The van der Waals surface area contributed by atoms with Crippen molar-refractivity contribution in [3.63, 3.8) is 0 Å². The van der Waals surface area contributed by atoms with Crippen LogP contribution in [0.5, 0.6) is 11.5 Å². The number of hydrogen-bond donors (Lipinski definition) is 1. The van der Waals surface area contributed by atoms with Crippen LogP contribution in [0.15, 0.2) is 18.2 Å². The highest BCUT2D eigenvalue weighted by Gasteiger charge is 2.18. The highest BCUT2D eigenvalue weighted by molar-refractivity contribution is 7.05. The molecule has 19 heavy (non-hydrogen) atoms. The number of ether oxygens (including phenoxy) is 2. The average Bonchev–Trinajstić information content (AvgIpc) is 2.94. The summed E-state index contributed by atoms with van der Waals surface area (Å²) in [5, 5.41) is 4.09. The first-order valence-corrected chi connectivity index (χ1v) is 6.77. The molecule has 0 radical (unpaired) electrons. The molecule has 1 aromatic carbocycles. The predicted molar refractivity (Wildman–Crippen MR) is 74.9 cm³/mol. The van der Waals surface area contributed by atoms with E-state index in [1.165, 1.54) is 11.5 Å². The molecule has 102 valence electrons.